The number of carbonyl (C=O) groups excluding carboxylic acids is 2. The summed E-state index contributed by atoms with van der Waals surface area (Å²) >= 11 is 0. The van der Waals surface area contributed by atoms with Crippen molar-refractivity contribution >= 4 is 11.8 Å². The van der Waals surface area contributed by atoms with Crippen LogP contribution < -0.4 is 0 Å². The van der Waals surface area contributed by atoms with Crippen molar-refractivity contribution in [3.05, 3.63) is 18.2 Å². The number of ether oxygens (including phenoxy) is 1. The van der Waals surface area contributed by atoms with Crippen LogP contribution in [0, 0.1) is 0 Å². The smallest absolute Gasteiger partial charge is 0.313 e. The molecule has 94 valence electrons. The Balaban J connectivity index is 2.50. The predicted molar refractivity (Wildman–Crippen MR) is 62.5 cm³/mol. The molecule has 1 aromatic rings. The molecule has 5 heteroatoms. The zero-order valence-corrected chi connectivity index (χ0v) is 10.3. The van der Waals surface area contributed by atoms with Crippen molar-refractivity contribution in [2.24, 2.45) is 0 Å². The van der Waals surface area contributed by atoms with E-state index in [1.165, 1.54) is 0 Å². The van der Waals surface area contributed by atoms with Crippen molar-refractivity contribution < 1.29 is 14.3 Å². The molecule has 0 aliphatic rings. The normalized spacial score (nSPS) is 10.2. The third-order valence-electron chi connectivity index (χ3n) is 2.27. The number of hydrogen-bond donors (Lipinski definition) is 0. The van der Waals surface area contributed by atoms with E-state index >= 15 is 0 Å². The van der Waals surface area contributed by atoms with Crippen LogP contribution in [0.25, 0.3) is 0 Å². The fraction of sp³-hybridized carbons (Fsp3) is 0.583. The summed E-state index contributed by atoms with van der Waals surface area (Å²) in [5.41, 5.74) is 0. The van der Waals surface area contributed by atoms with Gasteiger partial charge in [0.05, 0.1) is 13.2 Å². The first-order valence-corrected chi connectivity index (χ1v) is 5.84. The van der Waals surface area contributed by atoms with Gasteiger partial charge in [0.1, 0.15) is 12.2 Å². The van der Waals surface area contributed by atoms with E-state index in [4.69, 9.17) is 4.74 Å². The second-order valence-electron chi connectivity index (χ2n) is 3.74. The van der Waals surface area contributed by atoms with E-state index in [0.29, 0.717) is 6.61 Å². The Labute approximate surface area is 101 Å². The zero-order chi connectivity index (χ0) is 12.7. The molecule has 1 heterocycles. The van der Waals surface area contributed by atoms with Crippen molar-refractivity contribution in [3.8, 4) is 0 Å². The first kappa shape index (κ1) is 13.4. The first-order chi connectivity index (χ1) is 8.17. The van der Waals surface area contributed by atoms with Gasteiger partial charge in [-0.2, -0.15) is 0 Å². The maximum absolute atomic E-state index is 11.6. The van der Waals surface area contributed by atoms with Gasteiger partial charge in [0.25, 0.3) is 0 Å². The quantitative estimate of drug-likeness (QED) is 0.531. The van der Waals surface area contributed by atoms with E-state index in [2.05, 4.69) is 11.9 Å². The second-order valence-corrected chi connectivity index (χ2v) is 3.74. The van der Waals surface area contributed by atoms with E-state index in [9.17, 15) is 9.59 Å². The minimum absolute atomic E-state index is 0.154. The number of aromatic nitrogens is 2. The standard InChI is InChI=1S/C12H18N2O3/c1-3-5-11-13-6-7-14(11)9-10(15)8-12(16)17-4-2/h6-7H,3-5,8-9H2,1-2H3. The minimum atomic E-state index is -0.463. The minimum Gasteiger partial charge on any atom is -0.466 e. The SMILES string of the molecule is CCCc1nccn1CC(=O)CC(=O)OCC. The van der Waals surface area contributed by atoms with Gasteiger partial charge < -0.3 is 9.30 Å². The van der Waals surface area contributed by atoms with Crippen LogP contribution in [-0.2, 0) is 27.3 Å². The number of ketones is 1. The molecule has 0 aromatic carbocycles. The van der Waals surface area contributed by atoms with Crippen LogP contribution in [0.2, 0.25) is 0 Å². The number of nitrogens with zero attached hydrogens (tertiary/aromatic N) is 2. The van der Waals surface area contributed by atoms with Gasteiger partial charge >= 0.3 is 5.97 Å². The molecule has 0 aliphatic carbocycles. The van der Waals surface area contributed by atoms with Crippen molar-refractivity contribution in [2.75, 3.05) is 6.61 Å². The Bertz CT molecular complexity index is 385. The molecule has 0 amide bonds. The van der Waals surface area contributed by atoms with E-state index in [1.807, 2.05) is 0 Å². The Morgan fingerprint density at radius 1 is 1.41 bits per heavy atom. The van der Waals surface area contributed by atoms with Crippen LogP contribution in [0.5, 0.6) is 0 Å². The molecule has 0 spiro atoms. The van der Waals surface area contributed by atoms with Crippen LogP contribution in [0.15, 0.2) is 12.4 Å². The van der Waals surface area contributed by atoms with E-state index in [-0.39, 0.29) is 18.7 Å². The number of rotatable bonds is 7. The topological polar surface area (TPSA) is 61.2 Å². The molecule has 0 atom stereocenters. The summed E-state index contributed by atoms with van der Waals surface area (Å²) in [4.78, 5) is 26.9. The highest BCUT2D eigenvalue weighted by Gasteiger charge is 2.12. The van der Waals surface area contributed by atoms with Crippen LogP contribution >= 0.6 is 0 Å². The fourth-order valence-corrected chi connectivity index (χ4v) is 1.55. The van der Waals surface area contributed by atoms with Crippen molar-refractivity contribution in [3.63, 3.8) is 0 Å². The number of hydrogen-bond acceptors (Lipinski definition) is 4. The summed E-state index contributed by atoms with van der Waals surface area (Å²) in [5, 5.41) is 0. The average molecular weight is 238 g/mol. The molecule has 1 aromatic heterocycles. The molecule has 1 rings (SSSR count). The number of carbonyl (C=O) groups is 2. The number of Topliss-reactive ketones (excluding diaryl/α,β-unsaturated/α-hetero) is 1. The molecule has 0 unspecified atom stereocenters. The van der Waals surface area contributed by atoms with Gasteiger partial charge in [0.2, 0.25) is 0 Å². The van der Waals surface area contributed by atoms with Gasteiger partial charge in [-0.1, -0.05) is 6.92 Å². The third kappa shape index (κ3) is 4.38. The summed E-state index contributed by atoms with van der Waals surface area (Å²) in [7, 11) is 0. The van der Waals surface area contributed by atoms with Gasteiger partial charge in [0.15, 0.2) is 5.78 Å². The lowest BCUT2D eigenvalue weighted by Crippen LogP contribution is -2.17. The summed E-state index contributed by atoms with van der Waals surface area (Å²) in [5.74, 6) is 0.262. The summed E-state index contributed by atoms with van der Waals surface area (Å²) in [6, 6.07) is 0. The molecule has 5 nitrogen and oxygen atoms in total. The largest absolute Gasteiger partial charge is 0.466 e. The molecule has 0 aliphatic heterocycles. The molecule has 0 fully saturated rings. The lowest BCUT2D eigenvalue weighted by atomic mass is 10.2. The molecule has 0 saturated carbocycles. The molecular formula is C12H18N2O3. The summed E-state index contributed by atoms with van der Waals surface area (Å²) in [6.45, 7) is 4.27. The van der Waals surface area contributed by atoms with Crippen LogP contribution in [0.3, 0.4) is 0 Å². The van der Waals surface area contributed by atoms with Gasteiger partial charge in [-0.05, 0) is 13.3 Å². The Morgan fingerprint density at radius 3 is 2.82 bits per heavy atom. The maximum Gasteiger partial charge on any atom is 0.313 e. The second kappa shape index (κ2) is 6.83. The van der Waals surface area contributed by atoms with Crippen molar-refractivity contribution in [1.29, 1.82) is 0 Å². The predicted octanol–water partition coefficient (Wildman–Crippen LogP) is 1.36. The van der Waals surface area contributed by atoms with Crippen molar-refractivity contribution in [2.45, 2.75) is 39.7 Å². The average Bonchev–Trinajstić information content (AvgIpc) is 2.66. The van der Waals surface area contributed by atoms with E-state index in [0.717, 1.165) is 18.7 Å². The Morgan fingerprint density at radius 2 is 2.18 bits per heavy atom. The lowest BCUT2D eigenvalue weighted by Gasteiger charge is -2.06. The first-order valence-electron chi connectivity index (χ1n) is 5.84. The molecule has 0 bridgehead atoms. The highest BCUT2D eigenvalue weighted by molar-refractivity contribution is 5.95. The highest BCUT2D eigenvalue weighted by Crippen LogP contribution is 2.02. The number of aryl methyl sites for hydroxylation is 1. The van der Waals surface area contributed by atoms with Gasteiger partial charge in [-0.15, -0.1) is 0 Å². The number of esters is 1. The maximum atomic E-state index is 11.6. The molecular weight excluding hydrogens is 220 g/mol. The van der Waals surface area contributed by atoms with Gasteiger partial charge in [0, 0.05) is 18.8 Å². The molecule has 0 N–H and O–H groups in total. The fourth-order valence-electron chi connectivity index (χ4n) is 1.55. The van der Waals surface area contributed by atoms with Crippen LogP contribution in [-0.4, -0.2) is 27.9 Å². The molecule has 0 saturated heterocycles. The molecule has 17 heavy (non-hydrogen) atoms. The summed E-state index contributed by atoms with van der Waals surface area (Å²) < 4.78 is 6.51. The zero-order valence-electron chi connectivity index (χ0n) is 10.3. The third-order valence-corrected chi connectivity index (χ3v) is 2.27. The van der Waals surface area contributed by atoms with Gasteiger partial charge in [-0.3, -0.25) is 9.59 Å². The lowest BCUT2D eigenvalue weighted by molar-refractivity contribution is -0.145. The van der Waals surface area contributed by atoms with Crippen LogP contribution in [0.1, 0.15) is 32.5 Å². The molecule has 0 radical (unpaired) electrons. The van der Waals surface area contributed by atoms with Crippen molar-refractivity contribution in [1.82, 2.24) is 9.55 Å². The monoisotopic (exact) mass is 238 g/mol. The van der Waals surface area contributed by atoms with Crippen LogP contribution in [0.4, 0.5) is 0 Å². The van der Waals surface area contributed by atoms with Gasteiger partial charge in [-0.25, -0.2) is 4.98 Å². The highest BCUT2D eigenvalue weighted by atomic mass is 16.5. The van der Waals surface area contributed by atoms with E-state index < -0.39 is 5.97 Å². The summed E-state index contributed by atoms with van der Waals surface area (Å²) in [6.07, 6.45) is 5.07. The number of imidazole rings is 1. The van der Waals surface area contributed by atoms with E-state index in [1.54, 1.807) is 23.9 Å². The Kier molecular flexibility index (Phi) is 5.39. The Hall–Kier alpha value is -1.65.